The molecule has 20 heavy (non-hydrogen) atoms. The number of hydrogen-bond donors (Lipinski definition) is 0. The van der Waals surface area contributed by atoms with E-state index in [4.69, 9.17) is 11.8 Å². The number of rotatable bonds is 6. The average molecular weight is 303 g/mol. The molecule has 0 aliphatic heterocycles. The second-order valence-corrected chi connectivity index (χ2v) is 9.43. The predicted octanol–water partition coefficient (Wildman–Crippen LogP) is 4.25. The fourth-order valence-electron chi connectivity index (χ4n) is 2.53. The summed E-state index contributed by atoms with van der Waals surface area (Å²) in [5, 5.41) is 1.32. The zero-order valence-electron chi connectivity index (χ0n) is 12.2. The van der Waals surface area contributed by atoms with E-state index in [1.165, 1.54) is 10.9 Å². The van der Waals surface area contributed by atoms with Crippen LogP contribution in [0, 0.1) is 0 Å². The first-order chi connectivity index (χ1) is 9.70. The van der Waals surface area contributed by atoms with Crippen LogP contribution in [0.2, 0.25) is 0 Å². The highest BCUT2D eigenvalue weighted by atomic mass is 32.4. The van der Waals surface area contributed by atoms with E-state index in [1.807, 2.05) is 0 Å². The van der Waals surface area contributed by atoms with Crippen LogP contribution >= 0.6 is 6.19 Å². The Balaban J connectivity index is 2.42. The first-order valence-electron chi connectivity index (χ1n) is 7.14. The molecule has 0 spiro atoms. The van der Waals surface area contributed by atoms with Crippen molar-refractivity contribution < 1.29 is 0 Å². The zero-order valence-corrected chi connectivity index (χ0v) is 13.9. The highest BCUT2D eigenvalue weighted by Gasteiger charge is 2.25. The molecule has 0 saturated heterocycles. The Labute approximate surface area is 127 Å². The van der Waals surface area contributed by atoms with E-state index >= 15 is 0 Å². The van der Waals surface area contributed by atoms with Gasteiger partial charge in [0.25, 0.3) is 0 Å². The minimum Gasteiger partial charge on any atom is -0.272 e. The largest absolute Gasteiger partial charge is 0.272 e. The molecule has 0 fully saturated rings. The van der Waals surface area contributed by atoms with Crippen LogP contribution in [0.3, 0.4) is 0 Å². The Bertz CT molecular complexity index is 564. The van der Waals surface area contributed by atoms with Crippen LogP contribution in [0.4, 0.5) is 0 Å². The molecule has 0 saturated carbocycles. The summed E-state index contributed by atoms with van der Waals surface area (Å²) in [6.07, 6.45) is -0.770. The van der Waals surface area contributed by atoms with Crippen LogP contribution in [-0.2, 0) is 18.0 Å². The van der Waals surface area contributed by atoms with Gasteiger partial charge in [-0.15, -0.1) is 0 Å². The van der Waals surface area contributed by atoms with Gasteiger partial charge in [-0.1, -0.05) is 86.3 Å². The molecule has 2 rings (SSSR count). The van der Waals surface area contributed by atoms with Gasteiger partial charge in [0.05, 0.1) is 0 Å². The molecular weight excluding hydrogens is 281 g/mol. The summed E-state index contributed by atoms with van der Waals surface area (Å²) in [7, 11) is 0. The summed E-state index contributed by atoms with van der Waals surface area (Å²) in [5.74, 6) is 0. The minimum absolute atomic E-state index is 0.967. The van der Waals surface area contributed by atoms with Crippen molar-refractivity contribution in [2.75, 3.05) is 13.1 Å². The van der Waals surface area contributed by atoms with Crippen molar-refractivity contribution in [3.05, 3.63) is 66.2 Å². The van der Waals surface area contributed by atoms with Crippen LogP contribution in [0.25, 0.3) is 0 Å². The van der Waals surface area contributed by atoms with E-state index < -0.39 is 6.19 Å². The summed E-state index contributed by atoms with van der Waals surface area (Å²) in [6, 6.07) is 21.3. The quantitative estimate of drug-likeness (QED) is 0.734. The normalized spacial score (nSPS) is 14.2. The standard InChI is InChI=1S/C17H22NPS/c1-3-18(4-2)19(20,17-13-9-6-10-14-17)15-16-11-7-5-8-12-16/h5-14H,3-4,15H2,1-2H3. The third-order valence-corrected chi connectivity index (χ3v) is 8.68. The van der Waals surface area contributed by atoms with Gasteiger partial charge in [0.2, 0.25) is 0 Å². The number of hydrogen-bond acceptors (Lipinski definition) is 1. The minimum atomic E-state index is -1.74. The molecule has 0 radical (unpaired) electrons. The summed E-state index contributed by atoms with van der Waals surface area (Å²) >= 11 is 6.21. The van der Waals surface area contributed by atoms with E-state index in [-0.39, 0.29) is 0 Å². The lowest BCUT2D eigenvalue weighted by Gasteiger charge is -2.34. The summed E-state index contributed by atoms with van der Waals surface area (Å²) in [6.45, 7) is 6.43. The number of nitrogens with zero attached hydrogens (tertiary/aromatic N) is 1. The summed E-state index contributed by atoms with van der Waals surface area (Å²) < 4.78 is 2.48. The molecule has 0 N–H and O–H groups in total. The smallest absolute Gasteiger partial charge is 0.0471 e. The van der Waals surface area contributed by atoms with E-state index in [9.17, 15) is 0 Å². The fourth-order valence-corrected chi connectivity index (χ4v) is 7.00. The van der Waals surface area contributed by atoms with Crippen molar-refractivity contribution in [3.63, 3.8) is 0 Å². The average Bonchev–Trinajstić information content (AvgIpc) is 2.50. The molecule has 106 valence electrons. The van der Waals surface area contributed by atoms with Crippen LogP contribution in [0.5, 0.6) is 0 Å². The van der Waals surface area contributed by atoms with Gasteiger partial charge in [0.1, 0.15) is 0 Å². The molecule has 0 aliphatic rings. The molecule has 1 atom stereocenters. The Hall–Kier alpha value is -0.950. The topological polar surface area (TPSA) is 3.24 Å². The third-order valence-electron chi connectivity index (χ3n) is 3.59. The van der Waals surface area contributed by atoms with Gasteiger partial charge in [0, 0.05) is 25.4 Å². The second kappa shape index (κ2) is 7.17. The Morgan fingerprint density at radius 3 is 1.85 bits per heavy atom. The molecule has 2 aromatic carbocycles. The maximum atomic E-state index is 6.21. The number of benzene rings is 2. The maximum absolute atomic E-state index is 6.21. The highest BCUT2D eigenvalue weighted by Crippen LogP contribution is 2.51. The van der Waals surface area contributed by atoms with E-state index in [2.05, 4.69) is 79.2 Å². The van der Waals surface area contributed by atoms with Gasteiger partial charge in [-0.2, -0.15) is 0 Å². The molecule has 1 nitrogen and oxygen atoms in total. The molecular formula is C17H22NPS. The summed E-state index contributed by atoms with van der Waals surface area (Å²) in [4.78, 5) is 0. The third kappa shape index (κ3) is 3.38. The van der Waals surface area contributed by atoms with Gasteiger partial charge < -0.3 is 0 Å². The lowest BCUT2D eigenvalue weighted by molar-refractivity contribution is 0.508. The van der Waals surface area contributed by atoms with Gasteiger partial charge in [0.15, 0.2) is 0 Å². The van der Waals surface area contributed by atoms with Crippen LogP contribution in [0.15, 0.2) is 60.7 Å². The van der Waals surface area contributed by atoms with Gasteiger partial charge >= 0.3 is 0 Å². The molecule has 3 heteroatoms. The van der Waals surface area contributed by atoms with Gasteiger partial charge in [-0.05, 0) is 10.9 Å². The molecule has 0 amide bonds. The maximum Gasteiger partial charge on any atom is 0.0471 e. The van der Waals surface area contributed by atoms with Crippen LogP contribution < -0.4 is 5.30 Å². The van der Waals surface area contributed by atoms with Gasteiger partial charge in [-0.25, -0.2) is 0 Å². The van der Waals surface area contributed by atoms with Crippen molar-refractivity contribution >= 4 is 23.3 Å². The molecule has 0 aromatic heterocycles. The highest BCUT2D eigenvalue weighted by molar-refractivity contribution is 8.16. The second-order valence-electron chi connectivity index (χ2n) is 4.82. The van der Waals surface area contributed by atoms with Gasteiger partial charge in [-0.3, -0.25) is 4.67 Å². The summed E-state index contributed by atoms with van der Waals surface area (Å²) in [5.41, 5.74) is 1.34. The molecule has 2 aromatic rings. The van der Waals surface area contributed by atoms with Crippen molar-refractivity contribution in [1.29, 1.82) is 0 Å². The van der Waals surface area contributed by atoms with Crippen LogP contribution in [0.1, 0.15) is 19.4 Å². The first kappa shape index (κ1) is 15.4. The van der Waals surface area contributed by atoms with Crippen molar-refractivity contribution in [2.45, 2.75) is 20.0 Å². The fraction of sp³-hybridized carbons (Fsp3) is 0.294. The lowest BCUT2D eigenvalue weighted by Crippen LogP contribution is -2.26. The first-order valence-corrected chi connectivity index (χ1v) is 10.1. The Kier molecular flexibility index (Phi) is 5.54. The van der Waals surface area contributed by atoms with Crippen molar-refractivity contribution in [1.82, 2.24) is 4.67 Å². The Morgan fingerprint density at radius 1 is 0.850 bits per heavy atom. The molecule has 1 unspecified atom stereocenters. The monoisotopic (exact) mass is 303 g/mol. The van der Waals surface area contributed by atoms with E-state index in [0.29, 0.717) is 0 Å². The van der Waals surface area contributed by atoms with E-state index in [1.54, 1.807) is 0 Å². The van der Waals surface area contributed by atoms with Crippen LogP contribution in [-0.4, -0.2) is 17.8 Å². The molecule has 0 heterocycles. The lowest BCUT2D eigenvalue weighted by atomic mass is 10.2. The predicted molar refractivity (Wildman–Crippen MR) is 93.4 cm³/mol. The Morgan fingerprint density at radius 2 is 1.35 bits per heavy atom. The molecule has 0 bridgehead atoms. The van der Waals surface area contributed by atoms with Crippen molar-refractivity contribution in [3.8, 4) is 0 Å². The molecule has 0 aliphatic carbocycles. The SMILES string of the molecule is CCN(CC)P(=S)(Cc1ccccc1)c1ccccc1. The zero-order chi connectivity index (χ0) is 14.4. The van der Waals surface area contributed by atoms with Crippen molar-refractivity contribution in [2.24, 2.45) is 0 Å². The van der Waals surface area contributed by atoms with E-state index in [0.717, 1.165) is 19.3 Å².